The van der Waals surface area contributed by atoms with Crippen LogP contribution in [0.1, 0.15) is 12.0 Å². The summed E-state index contributed by atoms with van der Waals surface area (Å²) >= 11 is 0. The van der Waals surface area contributed by atoms with Crippen molar-refractivity contribution in [3.63, 3.8) is 0 Å². The van der Waals surface area contributed by atoms with Gasteiger partial charge < -0.3 is 15.4 Å². The Hall–Kier alpha value is -2.00. The van der Waals surface area contributed by atoms with Crippen LogP contribution in [0.25, 0.3) is 0 Å². The Morgan fingerprint density at radius 1 is 1.05 bits per heavy atom. The second-order valence-electron chi connectivity index (χ2n) is 5.48. The van der Waals surface area contributed by atoms with E-state index >= 15 is 0 Å². The Labute approximate surface area is 126 Å². The van der Waals surface area contributed by atoms with Crippen LogP contribution in [0.3, 0.4) is 0 Å². The summed E-state index contributed by atoms with van der Waals surface area (Å²) in [6.07, 6.45) is 2.21. The third-order valence-electron chi connectivity index (χ3n) is 3.89. The Morgan fingerprint density at radius 2 is 1.81 bits per heavy atom. The number of hydrogen-bond donors (Lipinski definition) is 1. The van der Waals surface area contributed by atoms with Crippen LogP contribution in [0.15, 0.2) is 54.6 Å². The zero-order valence-electron chi connectivity index (χ0n) is 12.2. The molecule has 1 atom stereocenters. The van der Waals surface area contributed by atoms with Gasteiger partial charge in [-0.15, -0.1) is 0 Å². The number of nitrogens with two attached hydrogens (primary N) is 1. The normalized spacial score (nSPS) is 16.3. The van der Waals surface area contributed by atoms with E-state index in [-0.39, 0.29) is 6.10 Å². The predicted octanol–water partition coefficient (Wildman–Crippen LogP) is 2.85. The molecule has 0 radical (unpaired) electrons. The van der Waals surface area contributed by atoms with Gasteiger partial charge in [0.05, 0.1) is 6.54 Å². The maximum absolute atomic E-state index is 6.07. The number of benzene rings is 2. The molecule has 0 bridgehead atoms. The maximum atomic E-state index is 6.07. The molecule has 110 valence electrons. The van der Waals surface area contributed by atoms with Crippen molar-refractivity contribution in [1.82, 2.24) is 0 Å². The van der Waals surface area contributed by atoms with Crippen molar-refractivity contribution in [3.05, 3.63) is 60.2 Å². The molecule has 3 nitrogen and oxygen atoms in total. The monoisotopic (exact) mass is 282 g/mol. The first-order valence-corrected chi connectivity index (χ1v) is 7.61. The van der Waals surface area contributed by atoms with Crippen LogP contribution in [0, 0.1) is 0 Å². The molecule has 21 heavy (non-hydrogen) atoms. The lowest BCUT2D eigenvalue weighted by Crippen LogP contribution is -2.36. The summed E-state index contributed by atoms with van der Waals surface area (Å²) < 4.78 is 6.07. The smallest absolute Gasteiger partial charge is 0.123 e. The van der Waals surface area contributed by atoms with E-state index < -0.39 is 0 Å². The number of hydrogen-bond acceptors (Lipinski definition) is 3. The predicted molar refractivity (Wildman–Crippen MR) is 86.9 cm³/mol. The Kier molecular flexibility index (Phi) is 4.41. The van der Waals surface area contributed by atoms with Crippen molar-refractivity contribution in [1.29, 1.82) is 0 Å². The van der Waals surface area contributed by atoms with Gasteiger partial charge in [0.1, 0.15) is 11.9 Å². The van der Waals surface area contributed by atoms with Crippen molar-refractivity contribution in [2.45, 2.75) is 18.9 Å². The number of anilines is 1. The van der Waals surface area contributed by atoms with Crippen LogP contribution in [-0.2, 0) is 6.42 Å². The first kappa shape index (κ1) is 14.0. The molecule has 1 aliphatic heterocycles. The quantitative estimate of drug-likeness (QED) is 0.885. The van der Waals surface area contributed by atoms with Crippen molar-refractivity contribution >= 4 is 5.69 Å². The summed E-state index contributed by atoms with van der Waals surface area (Å²) in [6, 6.07) is 18.8. The van der Waals surface area contributed by atoms with Gasteiger partial charge in [-0.1, -0.05) is 36.4 Å². The fourth-order valence-corrected chi connectivity index (χ4v) is 2.85. The molecule has 1 unspecified atom stereocenters. The molecule has 0 amide bonds. The molecule has 0 aromatic heterocycles. The van der Waals surface area contributed by atoms with E-state index in [9.17, 15) is 0 Å². The highest BCUT2D eigenvalue weighted by Crippen LogP contribution is 2.29. The summed E-state index contributed by atoms with van der Waals surface area (Å²) in [4.78, 5) is 2.38. The third kappa shape index (κ3) is 3.37. The van der Waals surface area contributed by atoms with E-state index in [1.807, 2.05) is 12.1 Å². The van der Waals surface area contributed by atoms with Gasteiger partial charge in [-0.3, -0.25) is 0 Å². The molecule has 0 saturated heterocycles. The first-order chi connectivity index (χ1) is 10.4. The SMILES string of the molecule is NCCCN(CC1Cc2ccccc2O1)c1ccccc1. The number of ether oxygens (including phenoxy) is 1. The molecule has 0 spiro atoms. The van der Waals surface area contributed by atoms with Crippen LogP contribution >= 0.6 is 0 Å². The maximum Gasteiger partial charge on any atom is 0.123 e. The standard InChI is InChI=1S/C18H22N2O/c19-11-6-12-20(16-8-2-1-3-9-16)14-17-13-15-7-4-5-10-18(15)21-17/h1-5,7-10,17H,6,11-14,19H2. The Morgan fingerprint density at radius 3 is 2.57 bits per heavy atom. The average Bonchev–Trinajstić information content (AvgIpc) is 2.94. The zero-order valence-corrected chi connectivity index (χ0v) is 12.2. The summed E-state index contributed by atoms with van der Waals surface area (Å²) in [5.74, 6) is 1.04. The molecular weight excluding hydrogens is 260 g/mol. The Bertz CT molecular complexity index is 545. The molecule has 0 aliphatic carbocycles. The first-order valence-electron chi connectivity index (χ1n) is 7.61. The van der Waals surface area contributed by atoms with Gasteiger partial charge in [-0.05, 0) is 36.7 Å². The summed E-state index contributed by atoms with van der Waals surface area (Å²) in [5.41, 5.74) is 8.23. The number of rotatable bonds is 6. The molecule has 2 N–H and O–H groups in total. The highest BCUT2D eigenvalue weighted by Gasteiger charge is 2.24. The number of fused-ring (bicyclic) bond motifs is 1. The Balaban J connectivity index is 1.68. The van der Waals surface area contributed by atoms with Crippen molar-refractivity contribution in [3.8, 4) is 5.75 Å². The summed E-state index contributed by atoms with van der Waals surface area (Å²) in [7, 11) is 0. The van der Waals surface area contributed by atoms with Crippen molar-refractivity contribution in [2.75, 3.05) is 24.5 Å². The van der Waals surface area contributed by atoms with Crippen LogP contribution < -0.4 is 15.4 Å². The summed E-state index contributed by atoms with van der Waals surface area (Å²) in [5, 5.41) is 0. The van der Waals surface area contributed by atoms with E-state index in [4.69, 9.17) is 10.5 Å². The van der Waals surface area contributed by atoms with Gasteiger partial charge in [-0.2, -0.15) is 0 Å². The lowest BCUT2D eigenvalue weighted by Gasteiger charge is -2.27. The minimum atomic E-state index is 0.223. The topological polar surface area (TPSA) is 38.5 Å². The van der Waals surface area contributed by atoms with E-state index in [0.29, 0.717) is 0 Å². The molecule has 2 aromatic carbocycles. The molecule has 0 saturated carbocycles. The van der Waals surface area contributed by atoms with E-state index in [1.54, 1.807) is 0 Å². The minimum absolute atomic E-state index is 0.223. The molecule has 1 aliphatic rings. The van der Waals surface area contributed by atoms with Gasteiger partial charge >= 0.3 is 0 Å². The van der Waals surface area contributed by atoms with Gasteiger partial charge in [0.2, 0.25) is 0 Å². The largest absolute Gasteiger partial charge is 0.488 e. The van der Waals surface area contributed by atoms with Gasteiger partial charge in [0, 0.05) is 18.7 Å². The molecule has 1 heterocycles. The lowest BCUT2D eigenvalue weighted by atomic mass is 10.1. The number of nitrogens with zero attached hydrogens (tertiary/aromatic N) is 1. The highest BCUT2D eigenvalue weighted by molar-refractivity contribution is 5.47. The van der Waals surface area contributed by atoms with Gasteiger partial charge in [-0.25, -0.2) is 0 Å². The van der Waals surface area contributed by atoms with E-state index in [1.165, 1.54) is 11.3 Å². The highest BCUT2D eigenvalue weighted by atomic mass is 16.5. The van der Waals surface area contributed by atoms with Gasteiger partial charge in [0.25, 0.3) is 0 Å². The van der Waals surface area contributed by atoms with E-state index in [2.05, 4.69) is 47.4 Å². The second-order valence-corrected chi connectivity index (χ2v) is 5.48. The van der Waals surface area contributed by atoms with Gasteiger partial charge in [0.15, 0.2) is 0 Å². The van der Waals surface area contributed by atoms with Crippen LogP contribution in [0.2, 0.25) is 0 Å². The fraction of sp³-hybridized carbons (Fsp3) is 0.333. The zero-order chi connectivity index (χ0) is 14.5. The molecule has 0 fully saturated rings. The summed E-state index contributed by atoms with van der Waals surface area (Å²) in [6.45, 7) is 2.59. The fourth-order valence-electron chi connectivity index (χ4n) is 2.85. The van der Waals surface area contributed by atoms with Crippen LogP contribution in [0.4, 0.5) is 5.69 Å². The van der Waals surface area contributed by atoms with Crippen LogP contribution in [-0.4, -0.2) is 25.7 Å². The molecule has 3 heteroatoms. The third-order valence-corrected chi connectivity index (χ3v) is 3.89. The van der Waals surface area contributed by atoms with Crippen LogP contribution in [0.5, 0.6) is 5.75 Å². The second kappa shape index (κ2) is 6.64. The van der Waals surface area contributed by atoms with Crippen molar-refractivity contribution < 1.29 is 4.74 Å². The average molecular weight is 282 g/mol. The van der Waals surface area contributed by atoms with E-state index in [0.717, 1.165) is 38.2 Å². The molecular formula is C18H22N2O. The number of para-hydroxylation sites is 2. The molecule has 2 aromatic rings. The van der Waals surface area contributed by atoms with Crippen molar-refractivity contribution in [2.24, 2.45) is 5.73 Å². The molecule has 3 rings (SSSR count). The minimum Gasteiger partial charge on any atom is -0.488 e. The lowest BCUT2D eigenvalue weighted by molar-refractivity contribution is 0.237.